The third-order valence-corrected chi connectivity index (χ3v) is 8.47. The predicted molar refractivity (Wildman–Crippen MR) is 135 cm³/mol. The van der Waals surface area contributed by atoms with Gasteiger partial charge in [-0.1, -0.05) is 63.9 Å². The maximum Gasteiger partial charge on any atom is 0.306 e. The van der Waals surface area contributed by atoms with Crippen molar-refractivity contribution in [2.75, 3.05) is 6.26 Å². The van der Waals surface area contributed by atoms with Gasteiger partial charge < -0.3 is 9.29 Å². The molecular formula is C28H40O4S. The van der Waals surface area contributed by atoms with Crippen LogP contribution in [0.1, 0.15) is 87.1 Å². The third-order valence-electron chi connectivity index (χ3n) is 7.98. The van der Waals surface area contributed by atoms with Gasteiger partial charge in [0.15, 0.2) is 0 Å². The molecule has 1 fully saturated rings. The Morgan fingerprint density at radius 2 is 1.55 bits per heavy atom. The van der Waals surface area contributed by atoms with Crippen LogP contribution in [-0.4, -0.2) is 25.4 Å². The van der Waals surface area contributed by atoms with Gasteiger partial charge in [-0.25, -0.2) is 0 Å². The third kappa shape index (κ3) is 5.46. The van der Waals surface area contributed by atoms with Gasteiger partial charge in [-0.3, -0.25) is 0 Å². The van der Waals surface area contributed by atoms with Crippen LogP contribution in [0.15, 0.2) is 36.4 Å². The minimum Gasteiger partial charge on any atom is -0.390 e. The van der Waals surface area contributed by atoms with E-state index >= 15 is 0 Å². The van der Waals surface area contributed by atoms with Gasteiger partial charge >= 0.3 is 10.1 Å². The molecule has 2 aromatic rings. The monoisotopic (exact) mass is 472 g/mol. The van der Waals surface area contributed by atoms with Crippen molar-refractivity contribution in [2.45, 2.75) is 90.6 Å². The Morgan fingerprint density at radius 3 is 2.03 bits per heavy atom. The van der Waals surface area contributed by atoms with Crippen LogP contribution in [0.4, 0.5) is 0 Å². The summed E-state index contributed by atoms with van der Waals surface area (Å²) in [7, 11) is -3.56. The molecule has 5 heteroatoms. The maximum absolute atomic E-state index is 11.6. The lowest BCUT2D eigenvalue weighted by Crippen LogP contribution is -2.34. The molecule has 0 spiro atoms. The Morgan fingerprint density at radius 1 is 1.00 bits per heavy atom. The van der Waals surface area contributed by atoms with Crippen LogP contribution >= 0.6 is 0 Å². The summed E-state index contributed by atoms with van der Waals surface area (Å²) in [6, 6.07) is 12.6. The molecule has 0 amide bonds. The quantitative estimate of drug-likeness (QED) is 0.439. The van der Waals surface area contributed by atoms with Gasteiger partial charge in [0.25, 0.3) is 0 Å². The highest BCUT2D eigenvalue weighted by atomic mass is 32.2. The highest BCUT2D eigenvalue weighted by Crippen LogP contribution is 2.42. The Labute approximate surface area is 200 Å². The molecule has 1 saturated carbocycles. The van der Waals surface area contributed by atoms with Gasteiger partial charge in [0.2, 0.25) is 0 Å². The molecule has 1 unspecified atom stereocenters. The normalized spacial score (nSPS) is 17.2. The minimum atomic E-state index is -3.56. The van der Waals surface area contributed by atoms with Crippen molar-refractivity contribution in [3.63, 3.8) is 0 Å². The fourth-order valence-corrected chi connectivity index (χ4v) is 6.17. The highest BCUT2D eigenvalue weighted by Gasteiger charge is 2.37. The van der Waals surface area contributed by atoms with E-state index in [1.165, 1.54) is 22.3 Å². The van der Waals surface area contributed by atoms with Crippen LogP contribution in [-0.2, 0) is 22.0 Å². The van der Waals surface area contributed by atoms with E-state index in [9.17, 15) is 13.5 Å². The molecule has 0 saturated heterocycles. The smallest absolute Gasteiger partial charge is 0.306 e. The first-order valence-electron chi connectivity index (χ1n) is 12.3. The standard InChI is InChI=1S/C28H40O4S/c1-7-27(8-2,25-13-14-26(21(4)18-25)32-33(6,30)31)24-12-11-23(20(3)17-24)19-22(5)28(29)15-9-10-16-28/h11-14,17-18,22,29H,7-10,15-16,19H2,1-6H3. The Bertz CT molecular complexity index is 1080. The zero-order valence-electron chi connectivity index (χ0n) is 21.1. The predicted octanol–water partition coefficient (Wildman–Crippen LogP) is 6.23. The van der Waals surface area contributed by atoms with Crippen molar-refractivity contribution in [3.8, 4) is 5.75 Å². The van der Waals surface area contributed by atoms with E-state index in [0.29, 0.717) is 5.75 Å². The summed E-state index contributed by atoms with van der Waals surface area (Å²) < 4.78 is 28.3. The van der Waals surface area contributed by atoms with E-state index in [0.717, 1.165) is 56.8 Å². The van der Waals surface area contributed by atoms with Crippen molar-refractivity contribution in [1.29, 1.82) is 0 Å². The van der Waals surface area contributed by atoms with Gasteiger partial charge in [-0.15, -0.1) is 0 Å². The lowest BCUT2D eigenvalue weighted by Gasteiger charge is -2.35. The first kappa shape index (κ1) is 25.8. The summed E-state index contributed by atoms with van der Waals surface area (Å²) in [5.74, 6) is 0.629. The molecule has 1 aliphatic carbocycles. The SMILES string of the molecule is CCC(CC)(c1ccc(CC(C)C2(O)CCCC2)c(C)c1)c1ccc(OS(C)(=O)=O)c(C)c1. The average Bonchev–Trinajstić information content (AvgIpc) is 3.20. The van der Waals surface area contributed by atoms with Crippen LogP contribution in [0.5, 0.6) is 5.75 Å². The molecule has 1 atom stereocenters. The second-order valence-corrected chi connectivity index (χ2v) is 11.7. The number of aliphatic hydroxyl groups is 1. The molecule has 2 aromatic carbocycles. The van der Waals surface area contributed by atoms with Crippen molar-refractivity contribution in [1.82, 2.24) is 0 Å². The van der Waals surface area contributed by atoms with Crippen LogP contribution in [0.2, 0.25) is 0 Å². The van der Waals surface area contributed by atoms with Crippen LogP contribution < -0.4 is 4.18 Å². The van der Waals surface area contributed by atoms with E-state index < -0.39 is 15.7 Å². The Hall–Kier alpha value is -1.85. The fraction of sp³-hybridized carbons (Fsp3) is 0.571. The molecule has 182 valence electrons. The zero-order valence-corrected chi connectivity index (χ0v) is 21.9. The second-order valence-electron chi connectivity index (χ2n) is 10.1. The van der Waals surface area contributed by atoms with Crippen molar-refractivity contribution in [3.05, 3.63) is 64.2 Å². The molecule has 1 aliphatic rings. The van der Waals surface area contributed by atoms with Gasteiger partial charge in [-0.2, -0.15) is 8.42 Å². The molecule has 0 bridgehead atoms. The lowest BCUT2D eigenvalue weighted by molar-refractivity contribution is -0.00502. The molecule has 0 aliphatic heterocycles. The molecule has 0 heterocycles. The number of rotatable bonds is 9. The first-order valence-corrected chi connectivity index (χ1v) is 14.1. The molecule has 33 heavy (non-hydrogen) atoms. The van der Waals surface area contributed by atoms with Crippen molar-refractivity contribution < 1.29 is 17.7 Å². The highest BCUT2D eigenvalue weighted by molar-refractivity contribution is 7.86. The molecule has 0 radical (unpaired) electrons. The summed E-state index contributed by atoms with van der Waals surface area (Å²) >= 11 is 0. The van der Waals surface area contributed by atoms with E-state index in [1.54, 1.807) is 6.07 Å². The number of benzene rings is 2. The zero-order chi connectivity index (χ0) is 24.4. The second kappa shape index (κ2) is 9.79. The summed E-state index contributed by atoms with van der Waals surface area (Å²) in [5, 5.41) is 11.0. The molecule has 4 nitrogen and oxygen atoms in total. The van der Waals surface area contributed by atoms with Crippen LogP contribution in [0.25, 0.3) is 0 Å². The summed E-state index contributed by atoms with van der Waals surface area (Å²) in [6.45, 7) is 10.7. The van der Waals surface area contributed by atoms with Crippen LogP contribution in [0, 0.1) is 19.8 Å². The summed E-state index contributed by atoms with van der Waals surface area (Å²) in [5.41, 5.74) is 5.16. The van der Waals surface area contributed by atoms with Gasteiger partial charge in [-0.05, 0) is 85.8 Å². The van der Waals surface area contributed by atoms with Crippen molar-refractivity contribution in [2.24, 2.45) is 5.92 Å². The van der Waals surface area contributed by atoms with E-state index in [4.69, 9.17) is 4.18 Å². The van der Waals surface area contributed by atoms with Crippen molar-refractivity contribution >= 4 is 10.1 Å². The lowest BCUT2D eigenvalue weighted by atomic mass is 9.69. The molecule has 3 rings (SSSR count). The maximum atomic E-state index is 11.6. The largest absolute Gasteiger partial charge is 0.390 e. The number of aryl methyl sites for hydroxylation is 2. The van der Waals surface area contributed by atoms with Crippen LogP contribution in [0.3, 0.4) is 0 Å². The number of hydrogen-bond acceptors (Lipinski definition) is 4. The molecule has 0 aromatic heterocycles. The Balaban J connectivity index is 1.93. The summed E-state index contributed by atoms with van der Waals surface area (Å²) in [6.07, 6.45) is 7.92. The van der Waals surface area contributed by atoms with E-state index in [1.807, 2.05) is 13.0 Å². The summed E-state index contributed by atoms with van der Waals surface area (Å²) in [4.78, 5) is 0. The first-order chi connectivity index (χ1) is 15.4. The minimum absolute atomic E-state index is 0.160. The fourth-order valence-electron chi connectivity index (χ4n) is 5.66. The van der Waals surface area contributed by atoms with Gasteiger partial charge in [0.05, 0.1) is 11.9 Å². The average molecular weight is 473 g/mol. The number of hydrogen-bond donors (Lipinski definition) is 1. The topological polar surface area (TPSA) is 63.6 Å². The Kier molecular flexibility index (Phi) is 7.65. The molecule has 1 N–H and O–H groups in total. The van der Waals surface area contributed by atoms with E-state index in [-0.39, 0.29) is 11.3 Å². The van der Waals surface area contributed by atoms with Gasteiger partial charge in [0.1, 0.15) is 5.75 Å². The van der Waals surface area contributed by atoms with E-state index in [2.05, 4.69) is 52.0 Å². The van der Waals surface area contributed by atoms with Gasteiger partial charge in [0, 0.05) is 5.41 Å². The molecular weight excluding hydrogens is 432 g/mol.